The van der Waals surface area contributed by atoms with Crippen LogP contribution in [0.4, 0.5) is 5.69 Å². The molecule has 0 saturated carbocycles. The highest BCUT2D eigenvalue weighted by molar-refractivity contribution is 8.08. The number of carbonyl (C=O) groups is 1. The van der Waals surface area contributed by atoms with Gasteiger partial charge in [-0.15, -0.1) is 11.3 Å². The number of nitrogens with zero attached hydrogens (tertiary/aromatic N) is 3. The van der Waals surface area contributed by atoms with E-state index in [2.05, 4.69) is 27.7 Å². The van der Waals surface area contributed by atoms with Gasteiger partial charge >= 0.3 is 5.97 Å². The summed E-state index contributed by atoms with van der Waals surface area (Å²) < 4.78 is 5.59. The van der Waals surface area contributed by atoms with E-state index < -0.39 is 5.97 Å². The molecule has 0 unspecified atom stereocenters. The third-order valence-electron chi connectivity index (χ3n) is 5.42. The number of unbranched alkanes of at least 4 members (excludes halogenated alkanes) is 1. The number of aromatic nitrogens is 2. The Morgan fingerprint density at radius 1 is 1.16 bits per heavy atom. The highest BCUT2D eigenvalue weighted by Crippen LogP contribution is 2.44. The normalized spacial score (nSPS) is 15.3. The summed E-state index contributed by atoms with van der Waals surface area (Å²) in [6.45, 7) is 3.40. The second-order valence-corrected chi connectivity index (χ2v) is 9.68. The molecule has 4 rings (SSSR count). The van der Waals surface area contributed by atoms with Crippen molar-refractivity contribution in [1.82, 2.24) is 4.57 Å². The standard InChI is InChI=1S/C24H25N3O3S2/c1-3-27-20(16-17-11-14-26(15-12-17)13-7-6-10-21(28)29)32-22(23(27)30)24-25(2)18-8-4-5-9-19(18)31-24/h4-5,8-9,11-12,14-16H,3,6-7,10,13H2,1-2H3/p+1/b24-22+. The van der Waals surface area contributed by atoms with Gasteiger partial charge in [-0.3, -0.25) is 14.2 Å². The lowest BCUT2D eigenvalue weighted by atomic mass is 10.2. The van der Waals surface area contributed by atoms with E-state index >= 15 is 0 Å². The fourth-order valence-corrected chi connectivity index (χ4v) is 6.17. The quantitative estimate of drug-likeness (QED) is 0.427. The maximum absolute atomic E-state index is 13.2. The van der Waals surface area contributed by atoms with E-state index in [-0.39, 0.29) is 12.0 Å². The molecule has 0 saturated heterocycles. The first-order chi connectivity index (χ1) is 15.5. The summed E-state index contributed by atoms with van der Waals surface area (Å²) in [6, 6.07) is 12.3. The highest BCUT2D eigenvalue weighted by atomic mass is 32.2. The van der Waals surface area contributed by atoms with Crippen molar-refractivity contribution in [3.63, 3.8) is 0 Å². The molecule has 0 amide bonds. The maximum atomic E-state index is 13.2. The second kappa shape index (κ2) is 9.75. The summed E-state index contributed by atoms with van der Waals surface area (Å²) in [5.74, 6) is -0.749. The zero-order chi connectivity index (χ0) is 22.7. The van der Waals surface area contributed by atoms with Gasteiger partial charge in [0.25, 0.3) is 5.56 Å². The Kier molecular flexibility index (Phi) is 6.81. The monoisotopic (exact) mass is 468 g/mol. The number of hydrogen-bond donors (Lipinski definition) is 1. The van der Waals surface area contributed by atoms with Gasteiger partial charge in [-0.1, -0.05) is 23.9 Å². The Hall–Kier alpha value is -2.84. The number of aliphatic carboxylic acids is 1. The van der Waals surface area contributed by atoms with Gasteiger partial charge in [-0.25, -0.2) is 4.57 Å². The molecule has 32 heavy (non-hydrogen) atoms. The number of fused-ring (bicyclic) bond motifs is 1. The lowest BCUT2D eigenvalue weighted by Gasteiger charge is -2.11. The number of benzene rings is 1. The van der Waals surface area contributed by atoms with Crippen LogP contribution in [-0.2, 0) is 17.9 Å². The molecule has 6 nitrogen and oxygen atoms in total. The van der Waals surface area contributed by atoms with Crippen molar-refractivity contribution in [1.29, 1.82) is 0 Å². The molecule has 0 aliphatic carbocycles. The first-order valence-corrected chi connectivity index (χ1v) is 12.3. The van der Waals surface area contributed by atoms with Crippen LogP contribution in [0.5, 0.6) is 0 Å². The minimum absolute atomic E-state index is 0.0512. The Bertz CT molecular complexity index is 1310. The summed E-state index contributed by atoms with van der Waals surface area (Å²) in [6.07, 6.45) is 7.77. The number of anilines is 1. The molecule has 2 aromatic heterocycles. The van der Waals surface area contributed by atoms with Gasteiger partial charge in [0, 0.05) is 43.5 Å². The largest absolute Gasteiger partial charge is 0.481 e. The van der Waals surface area contributed by atoms with Crippen LogP contribution in [0.2, 0.25) is 0 Å². The molecule has 0 atom stereocenters. The summed E-state index contributed by atoms with van der Waals surface area (Å²) in [7, 11) is 2.01. The highest BCUT2D eigenvalue weighted by Gasteiger charge is 2.24. The van der Waals surface area contributed by atoms with E-state index in [0.717, 1.165) is 38.4 Å². The zero-order valence-corrected chi connectivity index (χ0v) is 19.8. The molecule has 0 bridgehead atoms. The van der Waals surface area contributed by atoms with Crippen molar-refractivity contribution in [2.75, 3.05) is 11.9 Å². The molecule has 0 spiro atoms. The average Bonchev–Trinajstić information content (AvgIpc) is 3.28. The Morgan fingerprint density at radius 3 is 2.59 bits per heavy atom. The third kappa shape index (κ3) is 4.66. The number of para-hydroxylation sites is 1. The van der Waals surface area contributed by atoms with Gasteiger partial charge in [0.2, 0.25) is 0 Å². The van der Waals surface area contributed by atoms with E-state index in [1.165, 1.54) is 16.2 Å². The molecule has 166 valence electrons. The number of rotatable bonds is 7. The fraction of sp³-hybridized carbons (Fsp3) is 0.292. The van der Waals surface area contributed by atoms with Crippen molar-refractivity contribution in [2.24, 2.45) is 0 Å². The Balaban J connectivity index is 1.63. The molecule has 1 aliphatic heterocycles. The molecular formula is C24H26N3O3S2+. The van der Waals surface area contributed by atoms with Crippen molar-refractivity contribution < 1.29 is 14.5 Å². The van der Waals surface area contributed by atoms with Gasteiger partial charge in [0.05, 0.1) is 10.4 Å². The van der Waals surface area contributed by atoms with Gasteiger partial charge in [0.1, 0.15) is 16.1 Å². The topological polar surface area (TPSA) is 66.4 Å². The van der Waals surface area contributed by atoms with E-state index in [1.807, 2.05) is 55.2 Å². The average molecular weight is 469 g/mol. The van der Waals surface area contributed by atoms with Crippen LogP contribution in [-0.4, -0.2) is 22.7 Å². The van der Waals surface area contributed by atoms with Crippen LogP contribution in [0.3, 0.4) is 0 Å². The van der Waals surface area contributed by atoms with Crippen molar-refractivity contribution in [3.05, 3.63) is 73.9 Å². The number of aryl methyl sites for hydroxylation is 1. The van der Waals surface area contributed by atoms with E-state index in [0.29, 0.717) is 13.0 Å². The molecule has 1 aliphatic rings. The summed E-state index contributed by atoms with van der Waals surface area (Å²) in [5, 5.41) is 9.72. The first kappa shape index (κ1) is 22.4. The fourth-order valence-electron chi connectivity index (χ4n) is 3.70. The molecule has 8 heteroatoms. The van der Waals surface area contributed by atoms with Crippen molar-refractivity contribution in [2.45, 2.75) is 44.2 Å². The van der Waals surface area contributed by atoms with E-state index in [9.17, 15) is 9.59 Å². The van der Waals surface area contributed by atoms with Gasteiger partial charge in [-0.2, -0.15) is 0 Å². The van der Waals surface area contributed by atoms with E-state index in [1.54, 1.807) is 11.8 Å². The number of hydrogen-bond acceptors (Lipinski definition) is 5. The number of thiazole rings is 1. The molecular weight excluding hydrogens is 442 g/mol. The van der Waals surface area contributed by atoms with Crippen LogP contribution >= 0.6 is 23.1 Å². The maximum Gasteiger partial charge on any atom is 0.303 e. The molecule has 1 N–H and O–H groups in total. The van der Waals surface area contributed by atoms with Crippen LogP contribution in [0.1, 0.15) is 31.7 Å². The van der Waals surface area contributed by atoms with Crippen LogP contribution in [0, 0.1) is 0 Å². The van der Waals surface area contributed by atoms with Crippen LogP contribution in [0.15, 0.2) is 58.5 Å². The van der Waals surface area contributed by atoms with Gasteiger partial charge in [-0.05, 0) is 37.1 Å². The van der Waals surface area contributed by atoms with Crippen molar-refractivity contribution >= 4 is 45.9 Å². The lowest BCUT2D eigenvalue weighted by Crippen LogP contribution is -2.33. The first-order valence-electron chi connectivity index (χ1n) is 10.6. The Morgan fingerprint density at radius 2 is 1.91 bits per heavy atom. The number of carboxylic acids is 1. The van der Waals surface area contributed by atoms with Crippen LogP contribution < -0.4 is 24.2 Å². The van der Waals surface area contributed by atoms with Gasteiger partial charge < -0.3 is 10.0 Å². The molecule has 3 aromatic rings. The summed E-state index contributed by atoms with van der Waals surface area (Å²) in [5.41, 5.74) is 2.21. The van der Waals surface area contributed by atoms with Crippen LogP contribution in [0.25, 0.3) is 11.1 Å². The zero-order valence-electron chi connectivity index (χ0n) is 18.2. The molecule has 1 aromatic carbocycles. The minimum atomic E-state index is -0.749. The predicted octanol–water partition coefficient (Wildman–Crippen LogP) is 2.61. The third-order valence-corrected chi connectivity index (χ3v) is 7.91. The molecule has 0 radical (unpaired) electrons. The smallest absolute Gasteiger partial charge is 0.303 e. The Labute approximate surface area is 194 Å². The van der Waals surface area contributed by atoms with Crippen molar-refractivity contribution in [3.8, 4) is 0 Å². The van der Waals surface area contributed by atoms with E-state index in [4.69, 9.17) is 5.11 Å². The second-order valence-electron chi connectivity index (χ2n) is 7.62. The molecule has 3 heterocycles. The summed E-state index contributed by atoms with van der Waals surface area (Å²) in [4.78, 5) is 27.1. The minimum Gasteiger partial charge on any atom is -0.481 e. The number of thioether (sulfide) groups is 1. The predicted molar refractivity (Wildman–Crippen MR) is 129 cm³/mol. The molecule has 0 fully saturated rings. The number of carboxylic acid groups (broad SMARTS) is 1. The SMILES string of the molecule is CCn1c(=O)/c(=C2\Sc3ccccc3N2C)s/c1=C/c1cc[n+](CCCCC(=O)O)cc1. The van der Waals surface area contributed by atoms with Gasteiger partial charge in [0.15, 0.2) is 12.4 Å². The summed E-state index contributed by atoms with van der Waals surface area (Å²) >= 11 is 3.18. The lowest BCUT2D eigenvalue weighted by molar-refractivity contribution is -0.697. The number of pyridine rings is 1.